The maximum atomic E-state index is 5.36. The van der Waals surface area contributed by atoms with Gasteiger partial charge in [-0.2, -0.15) is 0 Å². The van der Waals surface area contributed by atoms with E-state index in [1.54, 1.807) is 0 Å². The van der Waals surface area contributed by atoms with Crippen LogP contribution in [0.4, 0.5) is 5.88 Å². The molecule has 0 aromatic carbocycles. The van der Waals surface area contributed by atoms with Crippen molar-refractivity contribution in [3.63, 3.8) is 0 Å². The smallest absolute Gasteiger partial charge is 0.230 e. The number of aryl methyl sites for hydroxylation is 1. The molecular formula is C11H20N2O. The van der Waals surface area contributed by atoms with Crippen LogP contribution in [0.25, 0.3) is 0 Å². The van der Waals surface area contributed by atoms with Gasteiger partial charge in [0.1, 0.15) is 0 Å². The molecule has 0 radical (unpaired) electrons. The number of anilines is 1. The van der Waals surface area contributed by atoms with Gasteiger partial charge in [0.15, 0.2) is 0 Å². The molecule has 0 aliphatic carbocycles. The first-order valence-electron chi connectivity index (χ1n) is 5.16. The molecule has 1 aromatic heterocycles. The van der Waals surface area contributed by atoms with Crippen molar-refractivity contribution in [1.82, 2.24) is 5.16 Å². The van der Waals surface area contributed by atoms with Crippen molar-refractivity contribution >= 4 is 5.88 Å². The molecule has 1 rings (SSSR count). The van der Waals surface area contributed by atoms with Gasteiger partial charge in [-0.25, -0.2) is 0 Å². The van der Waals surface area contributed by atoms with Crippen LogP contribution in [0.2, 0.25) is 0 Å². The molecule has 0 fully saturated rings. The Bertz CT molecular complexity index is 294. The van der Waals surface area contributed by atoms with E-state index in [9.17, 15) is 0 Å². The van der Waals surface area contributed by atoms with Gasteiger partial charge in [0.2, 0.25) is 5.88 Å². The average molecular weight is 196 g/mol. The third-order valence-electron chi connectivity index (χ3n) is 2.48. The van der Waals surface area contributed by atoms with E-state index in [1.807, 2.05) is 6.92 Å². The molecule has 0 amide bonds. The van der Waals surface area contributed by atoms with E-state index < -0.39 is 0 Å². The van der Waals surface area contributed by atoms with Crippen LogP contribution in [-0.4, -0.2) is 17.2 Å². The second-order valence-electron chi connectivity index (χ2n) is 4.29. The van der Waals surface area contributed by atoms with E-state index in [0.717, 1.165) is 17.1 Å². The molecule has 0 N–H and O–H groups in total. The zero-order valence-electron chi connectivity index (χ0n) is 9.96. The monoisotopic (exact) mass is 196 g/mol. The fourth-order valence-electron chi connectivity index (χ4n) is 1.71. The zero-order valence-corrected chi connectivity index (χ0v) is 9.96. The van der Waals surface area contributed by atoms with E-state index in [2.05, 4.69) is 44.7 Å². The minimum atomic E-state index is 0.432. The highest BCUT2D eigenvalue weighted by Crippen LogP contribution is 2.26. The molecule has 1 aromatic rings. The van der Waals surface area contributed by atoms with Crippen molar-refractivity contribution in [3.05, 3.63) is 11.3 Å². The van der Waals surface area contributed by atoms with Gasteiger partial charge in [-0.3, -0.25) is 0 Å². The van der Waals surface area contributed by atoms with Crippen LogP contribution in [0.5, 0.6) is 0 Å². The number of hydrogen-bond donors (Lipinski definition) is 0. The summed E-state index contributed by atoms with van der Waals surface area (Å²) in [6.45, 7) is 12.7. The third kappa shape index (κ3) is 1.91. The summed E-state index contributed by atoms with van der Waals surface area (Å²) in [5, 5.41) is 3.99. The topological polar surface area (TPSA) is 29.3 Å². The van der Waals surface area contributed by atoms with Crippen molar-refractivity contribution in [2.75, 3.05) is 4.90 Å². The Labute approximate surface area is 86.1 Å². The van der Waals surface area contributed by atoms with Gasteiger partial charge in [0, 0.05) is 17.6 Å². The lowest BCUT2D eigenvalue weighted by Crippen LogP contribution is -2.37. The lowest BCUT2D eigenvalue weighted by Gasteiger charge is -2.30. The minimum absolute atomic E-state index is 0.432. The molecule has 1 heterocycles. The lowest BCUT2D eigenvalue weighted by atomic mass is 10.2. The van der Waals surface area contributed by atoms with Gasteiger partial charge in [0.25, 0.3) is 0 Å². The Balaban J connectivity index is 3.05. The first-order valence-corrected chi connectivity index (χ1v) is 5.16. The highest BCUT2D eigenvalue weighted by molar-refractivity contribution is 5.46. The Hall–Kier alpha value is -0.990. The quantitative estimate of drug-likeness (QED) is 0.744. The number of nitrogens with zero attached hydrogens (tertiary/aromatic N) is 2. The van der Waals surface area contributed by atoms with E-state index in [4.69, 9.17) is 4.52 Å². The Kier molecular flexibility index (Phi) is 3.19. The SMILES string of the molecule is Cc1noc(N(C(C)C)C(C)C)c1C. The lowest BCUT2D eigenvalue weighted by molar-refractivity contribution is 0.395. The van der Waals surface area contributed by atoms with Crippen molar-refractivity contribution in [2.24, 2.45) is 0 Å². The average Bonchev–Trinajstić information content (AvgIpc) is 2.35. The summed E-state index contributed by atoms with van der Waals surface area (Å²) in [6, 6.07) is 0.863. The van der Waals surface area contributed by atoms with Gasteiger partial charge in [-0.05, 0) is 41.5 Å². The first-order chi connectivity index (χ1) is 6.45. The van der Waals surface area contributed by atoms with Crippen LogP contribution in [0.3, 0.4) is 0 Å². The number of aromatic nitrogens is 1. The van der Waals surface area contributed by atoms with Gasteiger partial charge < -0.3 is 9.42 Å². The van der Waals surface area contributed by atoms with Crippen molar-refractivity contribution < 1.29 is 4.52 Å². The summed E-state index contributed by atoms with van der Waals surface area (Å²) in [7, 11) is 0. The summed E-state index contributed by atoms with van der Waals surface area (Å²) in [4.78, 5) is 2.25. The molecule has 0 aliphatic rings. The van der Waals surface area contributed by atoms with Crippen LogP contribution in [0.15, 0.2) is 4.52 Å². The van der Waals surface area contributed by atoms with Crippen LogP contribution < -0.4 is 4.90 Å². The summed E-state index contributed by atoms with van der Waals surface area (Å²) in [6.07, 6.45) is 0. The maximum Gasteiger partial charge on any atom is 0.230 e. The highest BCUT2D eigenvalue weighted by atomic mass is 16.5. The first kappa shape index (κ1) is 11.1. The predicted octanol–water partition coefficient (Wildman–Crippen LogP) is 2.91. The van der Waals surface area contributed by atoms with Crippen LogP contribution >= 0.6 is 0 Å². The summed E-state index contributed by atoms with van der Waals surface area (Å²) >= 11 is 0. The standard InChI is InChI=1S/C11H20N2O/c1-7(2)13(8(3)4)11-9(5)10(6)12-14-11/h7-8H,1-6H3. The van der Waals surface area contributed by atoms with Gasteiger partial charge in [-0.1, -0.05) is 5.16 Å². The highest BCUT2D eigenvalue weighted by Gasteiger charge is 2.21. The van der Waals surface area contributed by atoms with Crippen molar-refractivity contribution in [2.45, 2.75) is 53.6 Å². The molecule has 3 nitrogen and oxygen atoms in total. The Morgan fingerprint density at radius 1 is 1.07 bits per heavy atom. The van der Waals surface area contributed by atoms with Crippen LogP contribution in [0.1, 0.15) is 39.0 Å². The second-order valence-corrected chi connectivity index (χ2v) is 4.29. The normalized spacial score (nSPS) is 11.4. The van der Waals surface area contributed by atoms with E-state index in [0.29, 0.717) is 12.1 Å². The molecule has 0 spiro atoms. The molecule has 80 valence electrons. The molecule has 14 heavy (non-hydrogen) atoms. The second kappa shape index (κ2) is 4.03. The molecule has 0 atom stereocenters. The summed E-state index contributed by atoms with van der Waals surface area (Å²) in [5.74, 6) is 0.910. The minimum Gasteiger partial charge on any atom is -0.338 e. The fourth-order valence-corrected chi connectivity index (χ4v) is 1.71. The van der Waals surface area contributed by atoms with Gasteiger partial charge in [-0.15, -0.1) is 0 Å². The Morgan fingerprint density at radius 2 is 1.57 bits per heavy atom. The van der Waals surface area contributed by atoms with Crippen molar-refractivity contribution in [1.29, 1.82) is 0 Å². The molecule has 0 aliphatic heterocycles. The molecule has 0 bridgehead atoms. The molecular weight excluding hydrogens is 176 g/mol. The predicted molar refractivity (Wildman–Crippen MR) is 58.7 cm³/mol. The zero-order chi connectivity index (χ0) is 10.9. The maximum absolute atomic E-state index is 5.36. The van der Waals surface area contributed by atoms with Gasteiger partial charge >= 0.3 is 0 Å². The Morgan fingerprint density at radius 3 is 1.86 bits per heavy atom. The van der Waals surface area contributed by atoms with Crippen LogP contribution in [0, 0.1) is 13.8 Å². The van der Waals surface area contributed by atoms with E-state index in [1.165, 1.54) is 0 Å². The van der Waals surface area contributed by atoms with E-state index >= 15 is 0 Å². The van der Waals surface area contributed by atoms with Crippen molar-refractivity contribution in [3.8, 4) is 0 Å². The molecule has 0 saturated carbocycles. The third-order valence-corrected chi connectivity index (χ3v) is 2.48. The fraction of sp³-hybridized carbons (Fsp3) is 0.727. The largest absolute Gasteiger partial charge is 0.338 e. The number of rotatable bonds is 3. The number of hydrogen-bond acceptors (Lipinski definition) is 3. The van der Waals surface area contributed by atoms with E-state index in [-0.39, 0.29) is 0 Å². The molecule has 3 heteroatoms. The van der Waals surface area contributed by atoms with Crippen LogP contribution in [-0.2, 0) is 0 Å². The molecule has 0 saturated heterocycles. The summed E-state index contributed by atoms with van der Waals surface area (Å²) in [5.41, 5.74) is 2.12. The molecule has 0 unspecified atom stereocenters. The van der Waals surface area contributed by atoms with Gasteiger partial charge in [0.05, 0.1) is 5.69 Å². The summed E-state index contributed by atoms with van der Waals surface area (Å²) < 4.78 is 5.36.